The maximum absolute atomic E-state index is 13.1. The molecule has 0 unspecified atom stereocenters. The first-order chi connectivity index (χ1) is 15.0. The van der Waals surface area contributed by atoms with E-state index in [0.29, 0.717) is 27.6 Å². The zero-order valence-electron chi connectivity index (χ0n) is 16.5. The van der Waals surface area contributed by atoms with Gasteiger partial charge in [-0.05, 0) is 24.6 Å². The van der Waals surface area contributed by atoms with Crippen LogP contribution in [0.5, 0.6) is 0 Å². The van der Waals surface area contributed by atoms with E-state index >= 15 is 0 Å². The molecular formula is C23H17N6OS+. The van der Waals surface area contributed by atoms with Crippen LogP contribution in [0.25, 0.3) is 11.1 Å². The molecule has 0 spiro atoms. The molecule has 1 atom stereocenters. The van der Waals surface area contributed by atoms with Gasteiger partial charge in [-0.15, -0.1) is 0 Å². The molecule has 0 saturated heterocycles. The number of nitrogens with zero attached hydrogens (tertiary/aromatic N) is 4. The minimum Gasteiger partial charge on any atom is -0.286 e. The summed E-state index contributed by atoms with van der Waals surface area (Å²) >= 11 is 1.17. The van der Waals surface area contributed by atoms with Crippen LogP contribution in [0.3, 0.4) is 0 Å². The molecular weight excluding hydrogens is 408 g/mol. The SMILES string of the molecule is CC1=NN(c2ccccc2)C(=O)[C@H]1Sc1[nH+]c(N)c(C#N)c(-c2ccccc2)c1C#N. The third kappa shape index (κ3) is 3.61. The van der Waals surface area contributed by atoms with E-state index in [1.165, 1.54) is 16.8 Å². The van der Waals surface area contributed by atoms with Crippen molar-refractivity contribution >= 4 is 34.9 Å². The van der Waals surface area contributed by atoms with Gasteiger partial charge in [0.15, 0.2) is 5.03 Å². The monoisotopic (exact) mass is 425 g/mol. The fraction of sp³-hybridized carbons (Fsp3) is 0.0870. The second-order valence-electron chi connectivity index (χ2n) is 6.81. The number of para-hydroxylation sites is 1. The number of aromatic nitrogens is 1. The Hall–Kier alpha value is -4.14. The summed E-state index contributed by atoms with van der Waals surface area (Å²) in [6.45, 7) is 1.77. The van der Waals surface area contributed by atoms with Crippen molar-refractivity contribution < 1.29 is 9.78 Å². The van der Waals surface area contributed by atoms with E-state index in [9.17, 15) is 15.3 Å². The van der Waals surface area contributed by atoms with Crippen LogP contribution >= 0.6 is 11.8 Å². The van der Waals surface area contributed by atoms with Crippen molar-refractivity contribution in [2.24, 2.45) is 5.10 Å². The number of hydrazone groups is 1. The van der Waals surface area contributed by atoms with E-state index in [-0.39, 0.29) is 22.9 Å². The number of benzene rings is 2. The van der Waals surface area contributed by atoms with Crippen molar-refractivity contribution in [3.05, 3.63) is 71.8 Å². The lowest BCUT2D eigenvalue weighted by atomic mass is 9.97. The van der Waals surface area contributed by atoms with Crippen molar-refractivity contribution in [2.45, 2.75) is 17.2 Å². The molecule has 1 aliphatic heterocycles. The maximum atomic E-state index is 13.1. The fourth-order valence-electron chi connectivity index (χ4n) is 3.38. The second kappa shape index (κ2) is 8.31. The van der Waals surface area contributed by atoms with Crippen LogP contribution in [0.4, 0.5) is 11.5 Å². The highest BCUT2D eigenvalue weighted by atomic mass is 32.2. The maximum Gasteiger partial charge on any atom is 0.289 e. The van der Waals surface area contributed by atoms with E-state index < -0.39 is 5.25 Å². The number of amides is 1. The number of nitrogens with one attached hydrogen (secondary N) is 1. The molecule has 0 fully saturated rings. The van der Waals surface area contributed by atoms with Gasteiger partial charge in [-0.3, -0.25) is 10.5 Å². The molecule has 0 radical (unpaired) electrons. The highest BCUT2D eigenvalue weighted by Crippen LogP contribution is 2.37. The number of hydrogen-bond donors (Lipinski definition) is 1. The first-order valence-electron chi connectivity index (χ1n) is 9.40. The summed E-state index contributed by atoms with van der Waals surface area (Å²) in [6, 6.07) is 22.6. The molecule has 2 heterocycles. The van der Waals surface area contributed by atoms with E-state index in [4.69, 9.17) is 5.73 Å². The number of hydrogen-bond acceptors (Lipinski definition) is 6. The van der Waals surface area contributed by atoms with Gasteiger partial charge in [0.2, 0.25) is 0 Å². The van der Waals surface area contributed by atoms with Crippen LogP contribution in [0.1, 0.15) is 18.1 Å². The zero-order chi connectivity index (χ0) is 22.0. The summed E-state index contributed by atoms with van der Waals surface area (Å²) < 4.78 is 0. The van der Waals surface area contributed by atoms with Crippen LogP contribution in [-0.2, 0) is 4.79 Å². The zero-order valence-corrected chi connectivity index (χ0v) is 17.4. The number of nitrogen functional groups attached to an aromatic ring is 1. The minimum atomic E-state index is -0.625. The molecule has 0 saturated carbocycles. The molecule has 0 bridgehead atoms. The number of H-pyrrole nitrogens is 1. The average Bonchev–Trinajstić information content (AvgIpc) is 3.08. The Balaban J connectivity index is 1.77. The van der Waals surface area contributed by atoms with Gasteiger partial charge in [0, 0.05) is 5.56 Å². The Labute approximate surface area is 183 Å². The third-order valence-corrected chi connectivity index (χ3v) is 6.16. The topological polar surface area (TPSA) is 120 Å². The standard InChI is InChI=1S/C23H16N6OS/c1-14-20(23(30)29(28-14)16-10-6-3-7-11-16)31-22-18(13-25)19(15-8-4-2-5-9-15)17(12-24)21(26)27-22/h2-11,20H,1H3,(H2,26,27)/p+1/t20-/m0/s1. The van der Waals surface area contributed by atoms with Gasteiger partial charge < -0.3 is 0 Å². The number of rotatable bonds is 4. The highest BCUT2D eigenvalue weighted by Gasteiger charge is 2.37. The first-order valence-corrected chi connectivity index (χ1v) is 10.3. The Morgan fingerprint density at radius 2 is 1.65 bits per heavy atom. The summed E-state index contributed by atoms with van der Waals surface area (Å²) in [5.74, 6) is -0.0713. The Kier molecular flexibility index (Phi) is 5.40. The molecule has 7 nitrogen and oxygen atoms in total. The lowest BCUT2D eigenvalue weighted by Gasteiger charge is -2.15. The van der Waals surface area contributed by atoms with Gasteiger partial charge in [0.1, 0.15) is 28.5 Å². The number of anilines is 2. The van der Waals surface area contributed by atoms with Crippen LogP contribution in [0, 0.1) is 22.7 Å². The molecule has 4 rings (SSSR count). The van der Waals surface area contributed by atoms with Gasteiger partial charge in [-0.2, -0.15) is 20.6 Å². The fourth-order valence-corrected chi connectivity index (χ4v) is 4.47. The van der Waals surface area contributed by atoms with Gasteiger partial charge >= 0.3 is 0 Å². The molecule has 0 aliphatic carbocycles. The van der Waals surface area contributed by atoms with Crippen molar-refractivity contribution in [1.29, 1.82) is 10.5 Å². The molecule has 150 valence electrons. The number of nitrogens with two attached hydrogens (primary N) is 1. The van der Waals surface area contributed by atoms with Crippen LogP contribution < -0.4 is 15.7 Å². The molecule has 1 amide bonds. The molecule has 1 aliphatic rings. The van der Waals surface area contributed by atoms with E-state index in [1.807, 2.05) is 60.7 Å². The predicted molar refractivity (Wildman–Crippen MR) is 119 cm³/mol. The number of carbonyl (C=O) groups excluding carboxylic acids is 1. The summed E-state index contributed by atoms with van der Waals surface area (Å²) in [5, 5.41) is 25.2. The lowest BCUT2D eigenvalue weighted by Crippen LogP contribution is -2.30. The van der Waals surface area contributed by atoms with E-state index in [1.54, 1.807) is 6.92 Å². The quantitative estimate of drug-likeness (QED) is 0.687. The summed E-state index contributed by atoms with van der Waals surface area (Å²) in [5.41, 5.74) is 9.02. The predicted octanol–water partition coefficient (Wildman–Crippen LogP) is 3.38. The molecule has 1 aromatic heterocycles. The normalized spacial score (nSPS) is 15.3. The van der Waals surface area contributed by atoms with Crippen molar-refractivity contribution in [1.82, 2.24) is 0 Å². The van der Waals surface area contributed by atoms with Gasteiger partial charge in [0.05, 0.1) is 11.4 Å². The van der Waals surface area contributed by atoms with Gasteiger partial charge in [-0.25, -0.2) is 4.98 Å². The van der Waals surface area contributed by atoms with Crippen molar-refractivity contribution in [3.63, 3.8) is 0 Å². The Morgan fingerprint density at radius 1 is 1.03 bits per heavy atom. The Morgan fingerprint density at radius 3 is 2.26 bits per heavy atom. The number of nitriles is 2. The number of pyridine rings is 1. The van der Waals surface area contributed by atoms with Crippen molar-refractivity contribution in [3.8, 4) is 23.3 Å². The van der Waals surface area contributed by atoms with Crippen LogP contribution in [0.15, 0.2) is 70.8 Å². The highest BCUT2D eigenvalue weighted by molar-refractivity contribution is 8.01. The number of carbonyl (C=O) groups is 1. The van der Waals surface area contributed by atoms with Crippen molar-refractivity contribution in [2.75, 3.05) is 10.7 Å². The Bertz CT molecular complexity index is 1280. The van der Waals surface area contributed by atoms with E-state index in [0.717, 1.165) is 0 Å². The van der Waals surface area contributed by atoms with Gasteiger partial charge in [-0.1, -0.05) is 60.3 Å². The summed E-state index contributed by atoms with van der Waals surface area (Å²) in [4.78, 5) is 16.0. The summed E-state index contributed by atoms with van der Waals surface area (Å²) in [6.07, 6.45) is 0. The minimum absolute atomic E-state index is 0.141. The summed E-state index contributed by atoms with van der Waals surface area (Å²) in [7, 11) is 0. The molecule has 31 heavy (non-hydrogen) atoms. The number of aromatic amines is 1. The molecule has 2 aromatic carbocycles. The molecule has 3 aromatic rings. The lowest BCUT2D eigenvalue weighted by molar-refractivity contribution is -0.410. The van der Waals surface area contributed by atoms with Gasteiger partial charge in [0.25, 0.3) is 11.7 Å². The first kappa shape index (κ1) is 20.1. The smallest absolute Gasteiger partial charge is 0.286 e. The molecule has 8 heteroatoms. The average molecular weight is 425 g/mol. The molecule has 3 N–H and O–H groups in total. The van der Waals surface area contributed by atoms with Crippen LogP contribution in [0.2, 0.25) is 0 Å². The number of thioether (sulfide) groups is 1. The van der Waals surface area contributed by atoms with E-state index in [2.05, 4.69) is 22.2 Å². The third-order valence-electron chi connectivity index (χ3n) is 4.84. The largest absolute Gasteiger partial charge is 0.289 e. The van der Waals surface area contributed by atoms with Crippen LogP contribution in [-0.4, -0.2) is 16.9 Å². The second-order valence-corrected chi connectivity index (χ2v) is 7.92.